The second-order valence-corrected chi connectivity index (χ2v) is 6.03. The zero-order chi connectivity index (χ0) is 17.4. The van der Waals surface area contributed by atoms with Gasteiger partial charge in [0.25, 0.3) is 0 Å². The Kier molecular flexibility index (Phi) is 4.51. The van der Waals surface area contributed by atoms with Crippen LogP contribution in [0.2, 0.25) is 5.02 Å². The Labute approximate surface area is 145 Å². The summed E-state index contributed by atoms with van der Waals surface area (Å²) in [5.74, 6) is -2.82. The summed E-state index contributed by atoms with van der Waals surface area (Å²) in [4.78, 5) is 3.78. The fourth-order valence-corrected chi connectivity index (χ4v) is 2.96. The van der Waals surface area contributed by atoms with Crippen LogP contribution in [0.3, 0.4) is 0 Å². The van der Waals surface area contributed by atoms with Gasteiger partial charge in [-0.05, 0) is 29.3 Å². The van der Waals surface area contributed by atoms with Crippen molar-refractivity contribution in [2.75, 3.05) is 0 Å². The van der Waals surface area contributed by atoms with Crippen LogP contribution < -0.4 is 0 Å². The molecule has 0 bridgehead atoms. The summed E-state index contributed by atoms with van der Waals surface area (Å²) in [7, 11) is 0. The van der Waals surface area contributed by atoms with Gasteiger partial charge in [-0.3, -0.25) is 0 Å². The van der Waals surface area contributed by atoms with Crippen molar-refractivity contribution in [1.29, 1.82) is 0 Å². The Balaban J connectivity index is 2.03. The van der Waals surface area contributed by atoms with Gasteiger partial charge in [-0.15, -0.1) is 0 Å². The number of nitrogens with zero attached hydrogens (tertiary/aromatic N) is 2. The molecule has 0 amide bonds. The average molecular weight is 373 g/mol. The first-order valence-electron chi connectivity index (χ1n) is 6.80. The zero-order valence-corrected chi connectivity index (χ0v) is 13.5. The van der Waals surface area contributed by atoms with Gasteiger partial charge in [0.2, 0.25) is 0 Å². The first kappa shape index (κ1) is 16.8. The Morgan fingerprint density at radius 1 is 1.17 bits per heavy atom. The molecule has 2 aromatic carbocycles. The van der Waals surface area contributed by atoms with E-state index in [1.54, 1.807) is 0 Å². The number of benzene rings is 2. The Morgan fingerprint density at radius 3 is 2.58 bits per heavy atom. The predicted octanol–water partition coefficient (Wildman–Crippen LogP) is 5.00. The van der Waals surface area contributed by atoms with E-state index >= 15 is 0 Å². The van der Waals surface area contributed by atoms with Crippen LogP contribution in [0.5, 0.6) is 0 Å². The summed E-state index contributed by atoms with van der Waals surface area (Å²) >= 11 is 11.5. The van der Waals surface area contributed by atoms with Crippen molar-refractivity contribution in [2.24, 2.45) is 10.1 Å². The highest BCUT2D eigenvalue weighted by Crippen LogP contribution is 2.36. The van der Waals surface area contributed by atoms with E-state index in [4.69, 9.17) is 23.2 Å². The minimum atomic E-state index is -1.13. The van der Waals surface area contributed by atoms with Crippen molar-refractivity contribution in [3.8, 4) is 0 Å². The quantitative estimate of drug-likeness (QED) is 0.459. The molecule has 2 aromatic rings. The number of halogens is 5. The second kappa shape index (κ2) is 6.45. The number of hydrogen-bond acceptors (Lipinski definition) is 3. The first-order chi connectivity index (χ1) is 11.4. The maximum atomic E-state index is 13.8. The average Bonchev–Trinajstić information content (AvgIpc) is 2.94. The predicted molar refractivity (Wildman–Crippen MR) is 86.4 cm³/mol. The lowest BCUT2D eigenvalue weighted by molar-refractivity contribution is 0.318. The highest BCUT2D eigenvalue weighted by molar-refractivity contribution is 6.66. The summed E-state index contributed by atoms with van der Waals surface area (Å²) in [5.41, 5.74) is 0.923. The third-order valence-corrected chi connectivity index (χ3v) is 4.15. The van der Waals surface area contributed by atoms with E-state index in [0.29, 0.717) is 11.1 Å². The SMILES string of the molecule is O/N=C(\Cc1ccc(F)c(Cl)c1)c1cc(F)c(F)c2c1CC(Cl)=N2. The van der Waals surface area contributed by atoms with Crippen LogP contribution in [0.1, 0.15) is 16.7 Å². The number of oxime groups is 1. The molecule has 0 saturated heterocycles. The summed E-state index contributed by atoms with van der Waals surface area (Å²) in [5, 5.41) is 12.5. The third-order valence-electron chi connectivity index (χ3n) is 3.64. The van der Waals surface area contributed by atoms with Crippen LogP contribution >= 0.6 is 23.2 Å². The van der Waals surface area contributed by atoms with Crippen molar-refractivity contribution < 1.29 is 18.4 Å². The van der Waals surface area contributed by atoms with E-state index < -0.39 is 17.5 Å². The van der Waals surface area contributed by atoms with E-state index in [1.807, 2.05) is 0 Å². The minimum absolute atomic E-state index is 0.0334. The Hall–Kier alpha value is -2.05. The Morgan fingerprint density at radius 2 is 1.92 bits per heavy atom. The number of fused-ring (bicyclic) bond motifs is 1. The lowest BCUT2D eigenvalue weighted by Gasteiger charge is -2.11. The molecule has 0 spiro atoms. The van der Waals surface area contributed by atoms with Gasteiger partial charge in [0.1, 0.15) is 16.7 Å². The summed E-state index contributed by atoms with van der Waals surface area (Å²) in [6, 6.07) is 4.92. The number of rotatable bonds is 3. The van der Waals surface area contributed by atoms with Crippen molar-refractivity contribution in [3.05, 3.63) is 63.4 Å². The molecule has 3 nitrogen and oxygen atoms in total. The fraction of sp³-hybridized carbons (Fsp3) is 0.125. The molecule has 1 aliphatic rings. The molecule has 0 radical (unpaired) electrons. The standard InChI is InChI=1S/C16H9Cl2F3N2O/c17-10-3-7(1-2-11(10)19)4-13(23-24)8-5-12(20)15(21)16-9(8)6-14(18)22-16/h1-3,5,24H,4,6H2/b23-13+. The monoisotopic (exact) mass is 372 g/mol. The van der Waals surface area contributed by atoms with Crippen LogP contribution in [-0.2, 0) is 12.8 Å². The highest BCUT2D eigenvalue weighted by atomic mass is 35.5. The molecular weight excluding hydrogens is 364 g/mol. The van der Waals surface area contributed by atoms with Gasteiger partial charge < -0.3 is 5.21 Å². The van der Waals surface area contributed by atoms with E-state index in [0.717, 1.165) is 6.07 Å². The van der Waals surface area contributed by atoms with Gasteiger partial charge in [-0.1, -0.05) is 34.4 Å². The van der Waals surface area contributed by atoms with Gasteiger partial charge in [0.05, 0.1) is 10.7 Å². The Bertz CT molecular complexity index is 897. The van der Waals surface area contributed by atoms with Gasteiger partial charge in [0, 0.05) is 18.4 Å². The van der Waals surface area contributed by atoms with Gasteiger partial charge >= 0.3 is 0 Å². The molecule has 0 saturated carbocycles. The number of hydrogen-bond donors (Lipinski definition) is 1. The van der Waals surface area contributed by atoms with Crippen LogP contribution in [0.4, 0.5) is 18.9 Å². The van der Waals surface area contributed by atoms with E-state index in [9.17, 15) is 18.4 Å². The van der Waals surface area contributed by atoms with Crippen LogP contribution in [0.25, 0.3) is 0 Å². The van der Waals surface area contributed by atoms with Crippen molar-refractivity contribution in [2.45, 2.75) is 12.8 Å². The molecule has 8 heteroatoms. The van der Waals surface area contributed by atoms with Gasteiger partial charge in [-0.2, -0.15) is 0 Å². The molecule has 1 heterocycles. The normalized spacial score (nSPS) is 13.9. The summed E-state index contributed by atoms with van der Waals surface area (Å²) in [6.45, 7) is 0. The molecule has 124 valence electrons. The van der Waals surface area contributed by atoms with Crippen LogP contribution in [0, 0.1) is 17.5 Å². The topological polar surface area (TPSA) is 45.0 Å². The first-order valence-corrected chi connectivity index (χ1v) is 7.55. The van der Waals surface area contributed by atoms with Crippen LogP contribution in [-0.4, -0.2) is 16.1 Å². The molecule has 0 atom stereocenters. The lowest BCUT2D eigenvalue weighted by atomic mass is 9.95. The van der Waals surface area contributed by atoms with E-state index in [-0.39, 0.29) is 40.0 Å². The van der Waals surface area contributed by atoms with Crippen molar-refractivity contribution in [1.82, 2.24) is 0 Å². The molecule has 0 unspecified atom stereocenters. The molecule has 1 aliphatic heterocycles. The van der Waals surface area contributed by atoms with Crippen molar-refractivity contribution >= 4 is 39.8 Å². The molecule has 1 N–H and O–H groups in total. The maximum absolute atomic E-state index is 13.8. The third kappa shape index (κ3) is 2.99. The number of aliphatic imine (C=N–C) groups is 1. The minimum Gasteiger partial charge on any atom is -0.411 e. The summed E-state index contributed by atoms with van der Waals surface area (Å²) < 4.78 is 40.9. The molecule has 3 rings (SSSR count). The zero-order valence-electron chi connectivity index (χ0n) is 12.0. The van der Waals surface area contributed by atoms with Gasteiger partial charge in [-0.25, -0.2) is 18.2 Å². The fourth-order valence-electron chi connectivity index (χ4n) is 2.54. The second-order valence-electron chi connectivity index (χ2n) is 5.18. The van der Waals surface area contributed by atoms with Gasteiger partial charge in [0.15, 0.2) is 11.6 Å². The molecule has 24 heavy (non-hydrogen) atoms. The largest absolute Gasteiger partial charge is 0.411 e. The summed E-state index contributed by atoms with van der Waals surface area (Å²) in [6.07, 6.45) is 0.137. The molecule has 0 fully saturated rings. The highest BCUT2D eigenvalue weighted by Gasteiger charge is 2.26. The molecule has 0 aromatic heterocycles. The smallest absolute Gasteiger partial charge is 0.184 e. The molecule has 0 aliphatic carbocycles. The maximum Gasteiger partial charge on any atom is 0.184 e. The molecular formula is C16H9Cl2F3N2O. The van der Waals surface area contributed by atoms with E-state index in [2.05, 4.69) is 10.1 Å². The van der Waals surface area contributed by atoms with Crippen LogP contribution in [0.15, 0.2) is 34.4 Å². The van der Waals surface area contributed by atoms with E-state index in [1.165, 1.54) is 18.2 Å². The lowest BCUT2D eigenvalue weighted by Crippen LogP contribution is -2.10. The van der Waals surface area contributed by atoms with Crippen molar-refractivity contribution in [3.63, 3.8) is 0 Å².